The van der Waals surface area contributed by atoms with Gasteiger partial charge in [-0.05, 0) is 19.1 Å². The van der Waals surface area contributed by atoms with Gasteiger partial charge < -0.3 is 11.1 Å². The highest BCUT2D eigenvalue weighted by atomic mass is 19.1. The normalized spacial score (nSPS) is 12.4. The lowest BCUT2D eigenvalue weighted by molar-refractivity contribution is -0.383. The first kappa shape index (κ1) is 13.2. The molecule has 0 aliphatic heterocycles. The second-order valence-corrected chi connectivity index (χ2v) is 4.19. The van der Waals surface area contributed by atoms with E-state index in [1.165, 1.54) is 12.3 Å². The third-order valence-electron chi connectivity index (χ3n) is 2.76. The summed E-state index contributed by atoms with van der Waals surface area (Å²) in [4.78, 5) is 14.3. The van der Waals surface area contributed by atoms with Crippen LogP contribution in [0.4, 0.5) is 15.8 Å². The Morgan fingerprint density at radius 2 is 2.37 bits per heavy atom. The lowest BCUT2D eigenvalue weighted by Gasteiger charge is -2.15. The van der Waals surface area contributed by atoms with Gasteiger partial charge in [0.05, 0.1) is 22.1 Å². The van der Waals surface area contributed by atoms with Crippen molar-refractivity contribution in [3.05, 3.63) is 40.3 Å². The van der Waals surface area contributed by atoms with Gasteiger partial charge >= 0.3 is 0 Å². The molecule has 1 atom stereocenters. The van der Waals surface area contributed by atoms with Gasteiger partial charge in [0.1, 0.15) is 5.52 Å². The van der Waals surface area contributed by atoms with Crippen molar-refractivity contribution in [3.8, 4) is 0 Å². The Labute approximate surface area is 108 Å². The Bertz CT molecular complexity index is 632. The van der Waals surface area contributed by atoms with Gasteiger partial charge in [-0.1, -0.05) is 0 Å². The number of aromatic nitrogens is 1. The monoisotopic (exact) mass is 264 g/mol. The molecule has 0 saturated heterocycles. The van der Waals surface area contributed by atoms with Crippen molar-refractivity contribution in [2.24, 2.45) is 5.73 Å². The summed E-state index contributed by atoms with van der Waals surface area (Å²) in [6.07, 6.45) is 1.46. The zero-order chi connectivity index (χ0) is 14.0. The quantitative estimate of drug-likeness (QED) is 0.651. The maximum atomic E-state index is 14.0. The van der Waals surface area contributed by atoms with Crippen LogP contribution in [0.25, 0.3) is 10.9 Å². The van der Waals surface area contributed by atoms with Crippen molar-refractivity contribution in [1.29, 1.82) is 0 Å². The maximum Gasteiger partial charge on any atom is 0.281 e. The van der Waals surface area contributed by atoms with Crippen LogP contribution in [0, 0.1) is 15.9 Å². The molecule has 2 aromatic rings. The van der Waals surface area contributed by atoms with Crippen molar-refractivity contribution in [3.63, 3.8) is 0 Å². The summed E-state index contributed by atoms with van der Waals surface area (Å²) in [5.41, 5.74) is 5.55. The number of nitrogens with zero attached hydrogens (tertiary/aromatic N) is 2. The molecule has 0 fully saturated rings. The zero-order valence-electron chi connectivity index (χ0n) is 10.3. The van der Waals surface area contributed by atoms with Crippen molar-refractivity contribution >= 4 is 22.3 Å². The second-order valence-electron chi connectivity index (χ2n) is 4.19. The van der Waals surface area contributed by atoms with E-state index in [1.54, 1.807) is 13.0 Å². The molecular weight excluding hydrogens is 251 g/mol. The lowest BCUT2D eigenvalue weighted by atomic mass is 10.1. The Balaban J connectivity index is 2.68. The summed E-state index contributed by atoms with van der Waals surface area (Å²) in [6.45, 7) is 2.10. The molecule has 2 rings (SSSR count). The number of halogens is 1. The van der Waals surface area contributed by atoms with E-state index in [0.717, 1.165) is 6.07 Å². The van der Waals surface area contributed by atoms with Gasteiger partial charge in [0, 0.05) is 18.8 Å². The Hall–Kier alpha value is -2.28. The highest BCUT2D eigenvalue weighted by Gasteiger charge is 2.20. The number of benzene rings is 1. The molecule has 1 unspecified atom stereocenters. The van der Waals surface area contributed by atoms with Crippen LogP contribution in [0.3, 0.4) is 0 Å². The van der Waals surface area contributed by atoms with Crippen molar-refractivity contribution < 1.29 is 9.31 Å². The zero-order valence-corrected chi connectivity index (χ0v) is 10.3. The number of anilines is 1. The molecule has 7 heteroatoms. The molecule has 1 aromatic heterocycles. The minimum Gasteiger partial charge on any atom is -0.377 e. The summed E-state index contributed by atoms with van der Waals surface area (Å²) < 4.78 is 14.0. The summed E-state index contributed by atoms with van der Waals surface area (Å²) in [7, 11) is 0. The molecule has 19 heavy (non-hydrogen) atoms. The average Bonchev–Trinajstić information content (AvgIpc) is 2.41. The molecule has 3 N–H and O–H groups in total. The second kappa shape index (κ2) is 5.15. The molecule has 0 amide bonds. The van der Waals surface area contributed by atoms with Gasteiger partial charge in [-0.3, -0.25) is 15.1 Å². The molecule has 0 aliphatic carbocycles. The van der Waals surface area contributed by atoms with Gasteiger partial charge in [0.15, 0.2) is 5.82 Å². The molecule has 1 heterocycles. The minimum atomic E-state index is -0.710. The first-order valence-electron chi connectivity index (χ1n) is 5.72. The van der Waals surface area contributed by atoms with Crippen LogP contribution in [0.2, 0.25) is 0 Å². The van der Waals surface area contributed by atoms with E-state index in [-0.39, 0.29) is 22.9 Å². The summed E-state index contributed by atoms with van der Waals surface area (Å²) in [6, 6.07) is 3.85. The third kappa shape index (κ3) is 2.45. The van der Waals surface area contributed by atoms with Crippen molar-refractivity contribution in [2.75, 3.05) is 11.9 Å². The Morgan fingerprint density at radius 3 is 3.00 bits per heavy atom. The molecule has 100 valence electrons. The van der Waals surface area contributed by atoms with E-state index in [2.05, 4.69) is 10.3 Å². The van der Waals surface area contributed by atoms with Crippen molar-refractivity contribution in [2.45, 2.75) is 13.0 Å². The van der Waals surface area contributed by atoms with E-state index in [0.29, 0.717) is 11.9 Å². The SMILES string of the molecule is CC(CN)Nc1c(F)cc([N+](=O)[O-])c2cccnc12. The number of non-ortho nitro benzene ring substituents is 1. The number of hydrogen-bond acceptors (Lipinski definition) is 5. The third-order valence-corrected chi connectivity index (χ3v) is 2.76. The molecule has 6 nitrogen and oxygen atoms in total. The number of nitro groups is 1. The maximum absolute atomic E-state index is 14.0. The topological polar surface area (TPSA) is 94.1 Å². The van der Waals surface area contributed by atoms with Crippen molar-refractivity contribution in [1.82, 2.24) is 4.98 Å². The first-order chi connectivity index (χ1) is 9.04. The highest BCUT2D eigenvalue weighted by Crippen LogP contribution is 2.32. The highest BCUT2D eigenvalue weighted by molar-refractivity contribution is 5.97. The standard InChI is InChI=1S/C12H13FN4O2/c1-7(6-14)16-12-9(13)5-10(17(18)19)8-3-2-4-15-11(8)12/h2-5,7,16H,6,14H2,1H3. The fourth-order valence-electron chi connectivity index (χ4n) is 1.79. The lowest BCUT2D eigenvalue weighted by Crippen LogP contribution is -2.26. The van der Waals surface area contributed by atoms with Crippen LogP contribution in [-0.2, 0) is 0 Å². The van der Waals surface area contributed by atoms with E-state index in [9.17, 15) is 14.5 Å². The van der Waals surface area contributed by atoms with Gasteiger partial charge in [0.2, 0.25) is 0 Å². The summed E-state index contributed by atoms with van der Waals surface area (Å²) >= 11 is 0. The summed E-state index contributed by atoms with van der Waals surface area (Å²) in [5, 5.41) is 14.1. The van der Waals surface area contributed by atoms with E-state index in [1.807, 2.05) is 0 Å². The number of hydrogen-bond donors (Lipinski definition) is 2. The van der Waals surface area contributed by atoms with Crippen LogP contribution in [0.15, 0.2) is 24.4 Å². The number of nitro benzene ring substituents is 1. The molecule has 0 radical (unpaired) electrons. The summed E-state index contributed by atoms with van der Waals surface area (Å²) in [5.74, 6) is -0.710. The number of rotatable bonds is 4. The number of nitrogens with two attached hydrogens (primary N) is 1. The predicted molar refractivity (Wildman–Crippen MR) is 70.5 cm³/mol. The molecule has 0 aliphatic rings. The smallest absolute Gasteiger partial charge is 0.281 e. The van der Waals surface area contributed by atoms with Crippen LogP contribution in [0.1, 0.15) is 6.92 Å². The van der Waals surface area contributed by atoms with E-state index < -0.39 is 10.7 Å². The molecule has 1 aromatic carbocycles. The van der Waals surface area contributed by atoms with Gasteiger partial charge in [-0.15, -0.1) is 0 Å². The van der Waals surface area contributed by atoms with Crippen LogP contribution < -0.4 is 11.1 Å². The Morgan fingerprint density at radius 1 is 1.63 bits per heavy atom. The fourth-order valence-corrected chi connectivity index (χ4v) is 1.79. The van der Waals surface area contributed by atoms with Crippen LogP contribution in [0.5, 0.6) is 0 Å². The molecular formula is C12H13FN4O2. The predicted octanol–water partition coefficient (Wildman–Crippen LogP) is 2.04. The van der Waals surface area contributed by atoms with Crippen LogP contribution in [-0.4, -0.2) is 22.5 Å². The van der Waals surface area contributed by atoms with E-state index in [4.69, 9.17) is 5.73 Å². The van der Waals surface area contributed by atoms with Gasteiger partial charge in [-0.2, -0.15) is 0 Å². The fraction of sp³-hybridized carbons (Fsp3) is 0.250. The molecule has 0 spiro atoms. The average molecular weight is 264 g/mol. The van der Waals surface area contributed by atoms with Crippen LogP contribution >= 0.6 is 0 Å². The number of fused-ring (bicyclic) bond motifs is 1. The molecule has 0 saturated carbocycles. The van der Waals surface area contributed by atoms with E-state index >= 15 is 0 Å². The molecule has 0 bridgehead atoms. The number of pyridine rings is 1. The number of nitrogens with one attached hydrogen (secondary N) is 1. The largest absolute Gasteiger partial charge is 0.377 e. The minimum absolute atomic E-state index is 0.138. The van der Waals surface area contributed by atoms with Gasteiger partial charge in [-0.25, -0.2) is 4.39 Å². The first-order valence-corrected chi connectivity index (χ1v) is 5.72. The Kier molecular flexibility index (Phi) is 3.57. The van der Waals surface area contributed by atoms with Gasteiger partial charge in [0.25, 0.3) is 5.69 Å².